The Morgan fingerprint density at radius 1 is 1.12 bits per heavy atom. The van der Waals surface area contributed by atoms with E-state index in [0.717, 1.165) is 18.4 Å². The van der Waals surface area contributed by atoms with Crippen molar-refractivity contribution in [3.05, 3.63) is 35.9 Å². The van der Waals surface area contributed by atoms with E-state index in [0.29, 0.717) is 25.9 Å². The quantitative estimate of drug-likeness (QED) is 0.611. The fraction of sp³-hybridized carbons (Fsp3) is 0.556. The zero-order valence-electron chi connectivity index (χ0n) is 14.5. The molecule has 1 aromatic rings. The largest absolute Gasteiger partial charge is 0.353 e. The molecule has 0 bridgehead atoms. The molecule has 1 unspecified atom stereocenters. The second-order valence-electron chi connectivity index (χ2n) is 6.48. The number of likely N-dealkylation sites (N-methyl/N-ethyl adjacent to an activating group) is 1. The minimum absolute atomic E-state index is 0.0861. The molecular weight excluding hydrogens is 304 g/mol. The van der Waals surface area contributed by atoms with Gasteiger partial charge in [-0.15, -0.1) is 0 Å². The fourth-order valence-corrected chi connectivity index (χ4v) is 2.94. The highest BCUT2D eigenvalue weighted by molar-refractivity contribution is 5.91. The lowest BCUT2D eigenvalue weighted by molar-refractivity contribution is -0.127. The molecule has 1 aliphatic carbocycles. The number of benzene rings is 1. The van der Waals surface area contributed by atoms with E-state index in [1.165, 1.54) is 0 Å². The van der Waals surface area contributed by atoms with Gasteiger partial charge in [-0.2, -0.15) is 0 Å². The van der Waals surface area contributed by atoms with E-state index in [4.69, 9.17) is 0 Å². The standard InChI is InChI=1S/C18H28N4O2/c1-14(19-2)12-20-16(23)18(10-6-7-11-18)22-17(24)21-13-15-8-4-3-5-9-15/h3-5,8-9,14,19H,6-7,10-13H2,1-2H3,(H,20,23)(H2,21,22,24). The number of rotatable bonds is 7. The molecular formula is C18H28N4O2. The number of carbonyl (C=O) groups excluding carboxylic acids is 2. The van der Waals surface area contributed by atoms with E-state index in [-0.39, 0.29) is 18.0 Å². The minimum atomic E-state index is -0.783. The van der Waals surface area contributed by atoms with Crippen LogP contribution in [0.2, 0.25) is 0 Å². The highest BCUT2D eigenvalue weighted by atomic mass is 16.2. The van der Waals surface area contributed by atoms with E-state index < -0.39 is 5.54 Å². The van der Waals surface area contributed by atoms with Gasteiger partial charge in [0.05, 0.1) is 0 Å². The van der Waals surface area contributed by atoms with Crippen molar-refractivity contribution in [2.45, 2.75) is 50.7 Å². The van der Waals surface area contributed by atoms with Gasteiger partial charge < -0.3 is 21.3 Å². The third-order valence-corrected chi connectivity index (χ3v) is 4.60. The Balaban J connectivity index is 1.89. The first-order chi connectivity index (χ1) is 11.6. The van der Waals surface area contributed by atoms with Crippen molar-refractivity contribution in [2.75, 3.05) is 13.6 Å². The molecule has 0 spiro atoms. The van der Waals surface area contributed by atoms with E-state index in [2.05, 4.69) is 21.3 Å². The van der Waals surface area contributed by atoms with Gasteiger partial charge in [-0.05, 0) is 32.4 Å². The predicted molar refractivity (Wildman–Crippen MR) is 94.5 cm³/mol. The Morgan fingerprint density at radius 2 is 1.79 bits per heavy atom. The normalized spacial score (nSPS) is 17.1. The van der Waals surface area contributed by atoms with Gasteiger partial charge in [0, 0.05) is 19.1 Å². The Kier molecular flexibility index (Phi) is 6.61. The maximum absolute atomic E-state index is 12.6. The molecule has 6 heteroatoms. The minimum Gasteiger partial charge on any atom is -0.353 e. The number of urea groups is 1. The van der Waals surface area contributed by atoms with Gasteiger partial charge in [0.2, 0.25) is 5.91 Å². The summed E-state index contributed by atoms with van der Waals surface area (Å²) in [5, 5.41) is 11.8. The summed E-state index contributed by atoms with van der Waals surface area (Å²) in [5.41, 5.74) is 0.245. The zero-order chi connectivity index (χ0) is 17.4. The summed E-state index contributed by atoms with van der Waals surface area (Å²) < 4.78 is 0. The number of nitrogens with one attached hydrogen (secondary N) is 4. The van der Waals surface area contributed by atoms with Crippen LogP contribution in [0.4, 0.5) is 4.79 Å². The van der Waals surface area contributed by atoms with Crippen LogP contribution in [0, 0.1) is 0 Å². The van der Waals surface area contributed by atoms with Crippen molar-refractivity contribution >= 4 is 11.9 Å². The van der Waals surface area contributed by atoms with Crippen molar-refractivity contribution in [1.29, 1.82) is 0 Å². The van der Waals surface area contributed by atoms with E-state index in [1.807, 2.05) is 44.3 Å². The third kappa shape index (κ3) is 4.96. The maximum Gasteiger partial charge on any atom is 0.315 e. The van der Waals surface area contributed by atoms with Gasteiger partial charge >= 0.3 is 6.03 Å². The average molecular weight is 332 g/mol. The van der Waals surface area contributed by atoms with Crippen molar-refractivity contribution in [2.24, 2.45) is 0 Å². The van der Waals surface area contributed by atoms with Crippen LogP contribution < -0.4 is 21.3 Å². The molecule has 6 nitrogen and oxygen atoms in total. The topological polar surface area (TPSA) is 82.3 Å². The smallest absolute Gasteiger partial charge is 0.315 e. The first-order valence-electron chi connectivity index (χ1n) is 8.61. The molecule has 2 rings (SSSR count). The maximum atomic E-state index is 12.6. The first-order valence-corrected chi connectivity index (χ1v) is 8.61. The number of amides is 3. The molecule has 0 heterocycles. The van der Waals surface area contributed by atoms with Crippen molar-refractivity contribution in [1.82, 2.24) is 21.3 Å². The zero-order valence-corrected chi connectivity index (χ0v) is 14.5. The second kappa shape index (κ2) is 8.68. The lowest BCUT2D eigenvalue weighted by Gasteiger charge is -2.29. The Morgan fingerprint density at radius 3 is 2.42 bits per heavy atom. The van der Waals surface area contributed by atoms with Gasteiger partial charge in [0.1, 0.15) is 5.54 Å². The predicted octanol–water partition coefficient (Wildman–Crippen LogP) is 1.52. The molecule has 1 saturated carbocycles. The van der Waals surface area contributed by atoms with Crippen LogP contribution >= 0.6 is 0 Å². The van der Waals surface area contributed by atoms with E-state index >= 15 is 0 Å². The lowest BCUT2D eigenvalue weighted by Crippen LogP contribution is -2.60. The number of hydrogen-bond acceptors (Lipinski definition) is 3. The molecule has 0 aromatic heterocycles. The van der Waals surface area contributed by atoms with Gasteiger partial charge in [0.15, 0.2) is 0 Å². The summed E-state index contributed by atoms with van der Waals surface area (Å²) in [4.78, 5) is 24.9. The Hall–Kier alpha value is -2.08. The Bertz CT molecular complexity index is 541. The summed E-state index contributed by atoms with van der Waals surface area (Å²) in [6.07, 6.45) is 3.28. The molecule has 4 N–H and O–H groups in total. The molecule has 1 atom stereocenters. The fourth-order valence-electron chi connectivity index (χ4n) is 2.94. The summed E-state index contributed by atoms with van der Waals surface area (Å²) in [5.74, 6) is -0.0861. The SMILES string of the molecule is CNC(C)CNC(=O)C1(NC(=O)NCc2ccccc2)CCCC1. The van der Waals surface area contributed by atoms with Crippen LogP contribution in [0.5, 0.6) is 0 Å². The van der Waals surface area contributed by atoms with Gasteiger partial charge in [-0.3, -0.25) is 4.79 Å². The van der Waals surface area contributed by atoms with Crippen LogP contribution in [0.25, 0.3) is 0 Å². The van der Waals surface area contributed by atoms with Crippen LogP contribution in [-0.2, 0) is 11.3 Å². The molecule has 0 saturated heterocycles. The van der Waals surface area contributed by atoms with Gasteiger partial charge in [0.25, 0.3) is 0 Å². The second-order valence-corrected chi connectivity index (χ2v) is 6.48. The molecule has 1 aromatic carbocycles. The first kappa shape index (κ1) is 18.3. The van der Waals surface area contributed by atoms with E-state index in [9.17, 15) is 9.59 Å². The highest BCUT2D eigenvalue weighted by Crippen LogP contribution is 2.29. The molecule has 132 valence electrons. The molecule has 0 radical (unpaired) electrons. The molecule has 1 aliphatic rings. The van der Waals surface area contributed by atoms with Crippen LogP contribution in [0.1, 0.15) is 38.2 Å². The summed E-state index contributed by atoms with van der Waals surface area (Å²) in [6, 6.07) is 9.62. The summed E-state index contributed by atoms with van der Waals surface area (Å²) in [6.45, 7) is 2.99. The van der Waals surface area contributed by atoms with Crippen molar-refractivity contribution < 1.29 is 9.59 Å². The summed E-state index contributed by atoms with van der Waals surface area (Å²) >= 11 is 0. The van der Waals surface area contributed by atoms with Gasteiger partial charge in [-0.25, -0.2) is 4.79 Å². The monoisotopic (exact) mass is 332 g/mol. The highest BCUT2D eigenvalue weighted by Gasteiger charge is 2.42. The number of carbonyl (C=O) groups is 2. The molecule has 1 fully saturated rings. The summed E-state index contributed by atoms with van der Waals surface area (Å²) in [7, 11) is 1.86. The van der Waals surface area contributed by atoms with Crippen molar-refractivity contribution in [3.8, 4) is 0 Å². The van der Waals surface area contributed by atoms with Crippen LogP contribution in [0.3, 0.4) is 0 Å². The molecule has 3 amide bonds. The average Bonchev–Trinajstić information content (AvgIpc) is 3.08. The van der Waals surface area contributed by atoms with Crippen LogP contribution in [0.15, 0.2) is 30.3 Å². The molecule has 24 heavy (non-hydrogen) atoms. The van der Waals surface area contributed by atoms with E-state index in [1.54, 1.807) is 0 Å². The third-order valence-electron chi connectivity index (χ3n) is 4.60. The van der Waals surface area contributed by atoms with Crippen LogP contribution in [-0.4, -0.2) is 37.1 Å². The Labute approximate surface area is 143 Å². The van der Waals surface area contributed by atoms with Gasteiger partial charge in [-0.1, -0.05) is 43.2 Å². The van der Waals surface area contributed by atoms with Crippen molar-refractivity contribution in [3.63, 3.8) is 0 Å². The lowest BCUT2D eigenvalue weighted by atomic mass is 9.96. The molecule has 0 aliphatic heterocycles. The number of hydrogen-bond donors (Lipinski definition) is 4.